The van der Waals surface area contributed by atoms with E-state index in [9.17, 15) is 14.9 Å². The van der Waals surface area contributed by atoms with Gasteiger partial charge in [0.05, 0.1) is 4.92 Å². The summed E-state index contributed by atoms with van der Waals surface area (Å²) in [6.45, 7) is 0. The fourth-order valence-electron chi connectivity index (χ4n) is 0.990. The van der Waals surface area contributed by atoms with Crippen LogP contribution >= 0.6 is 0 Å². The Morgan fingerprint density at radius 1 is 1.50 bits per heavy atom. The van der Waals surface area contributed by atoms with Gasteiger partial charge < -0.3 is 5.53 Å². The lowest BCUT2D eigenvalue weighted by atomic mass is 10.1. The second-order valence-corrected chi connectivity index (χ2v) is 2.38. The third kappa shape index (κ3) is 1.70. The van der Waals surface area contributed by atoms with Crippen molar-refractivity contribution >= 4 is 17.7 Å². The lowest BCUT2D eigenvalue weighted by Gasteiger charge is -1.93. The maximum atomic E-state index is 10.5. The van der Waals surface area contributed by atoms with Crippen LogP contribution in [0.25, 0.3) is 5.53 Å². The second kappa shape index (κ2) is 4.06. The average molecular weight is 191 g/mol. The molecule has 6 nitrogen and oxygen atoms in total. The Labute approximate surface area is 78.6 Å². The third-order valence-electron chi connectivity index (χ3n) is 1.60. The number of aldehydes is 1. The van der Waals surface area contributed by atoms with Crippen molar-refractivity contribution in [3.8, 4) is 0 Å². The first-order valence-electron chi connectivity index (χ1n) is 3.61. The van der Waals surface area contributed by atoms with Gasteiger partial charge in [-0.05, 0) is 6.07 Å². The zero-order valence-electron chi connectivity index (χ0n) is 6.95. The van der Waals surface area contributed by atoms with E-state index in [-0.39, 0.29) is 23.2 Å². The van der Waals surface area contributed by atoms with Crippen LogP contribution in [0.1, 0.15) is 5.56 Å². The molecule has 0 unspecified atom stereocenters. The standard InChI is InChI=1S/C8H5N3O3/c9-10-7(5-12)6-3-1-2-4-8(6)11(13)14/h1-5H. The van der Waals surface area contributed by atoms with Gasteiger partial charge >= 0.3 is 5.71 Å². The van der Waals surface area contributed by atoms with Gasteiger partial charge in [-0.15, -0.1) is 0 Å². The molecule has 0 fully saturated rings. The topological polar surface area (TPSA) is 96.6 Å². The van der Waals surface area contributed by atoms with Crippen molar-refractivity contribution in [2.24, 2.45) is 0 Å². The van der Waals surface area contributed by atoms with Gasteiger partial charge in [0, 0.05) is 6.07 Å². The van der Waals surface area contributed by atoms with E-state index in [0.29, 0.717) is 0 Å². The monoisotopic (exact) mass is 191 g/mol. The van der Waals surface area contributed by atoms with Crippen molar-refractivity contribution < 1.29 is 14.5 Å². The number of nitro benzene ring substituents is 1. The maximum absolute atomic E-state index is 10.5. The number of nitro groups is 1. The van der Waals surface area contributed by atoms with E-state index in [2.05, 4.69) is 4.79 Å². The lowest BCUT2D eigenvalue weighted by Crippen LogP contribution is -2.06. The molecule has 70 valence electrons. The minimum Gasteiger partial charge on any atom is -0.361 e. The molecule has 0 aliphatic carbocycles. The number of carbonyl (C=O) groups is 1. The van der Waals surface area contributed by atoms with Crippen molar-refractivity contribution in [2.45, 2.75) is 0 Å². The molecule has 6 heteroatoms. The Morgan fingerprint density at radius 3 is 2.64 bits per heavy atom. The Kier molecular flexibility index (Phi) is 2.83. The molecule has 0 saturated heterocycles. The summed E-state index contributed by atoms with van der Waals surface area (Å²) in [6, 6.07) is 5.53. The first-order valence-corrected chi connectivity index (χ1v) is 3.61. The number of hydrogen-bond acceptors (Lipinski definition) is 3. The third-order valence-corrected chi connectivity index (χ3v) is 1.60. The van der Waals surface area contributed by atoms with Crippen LogP contribution in [0.4, 0.5) is 5.69 Å². The van der Waals surface area contributed by atoms with Crippen LogP contribution < -0.4 is 0 Å². The lowest BCUT2D eigenvalue weighted by molar-refractivity contribution is -0.385. The fraction of sp³-hybridized carbons (Fsp3) is 0. The molecular formula is C8H5N3O3. The van der Waals surface area contributed by atoms with Crippen molar-refractivity contribution in [3.05, 3.63) is 45.5 Å². The van der Waals surface area contributed by atoms with E-state index in [1.54, 1.807) is 0 Å². The molecule has 0 radical (unpaired) electrons. The molecular weight excluding hydrogens is 186 g/mol. The molecule has 0 atom stereocenters. The Morgan fingerprint density at radius 2 is 2.14 bits per heavy atom. The van der Waals surface area contributed by atoms with E-state index in [4.69, 9.17) is 5.53 Å². The second-order valence-electron chi connectivity index (χ2n) is 2.38. The zero-order valence-corrected chi connectivity index (χ0v) is 6.95. The molecule has 0 heterocycles. The molecule has 1 aromatic rings. The molecule has 0 N–H and O–H groups in total. The minimum atomic E-state index is -0.649. The summed E-state index contributed by atoms with van der Waals surface area (Å²) in [6.07, 6.45) is 0.252. The van der Waals surface area contributed by atoms with Crippen LogP contribution in [0.3, 0.4) is 0 Å². The molecule has 0 aromatic heterocycles. The van der Waals surface area contributed by atoms with Gasteiger partial charge in [-0.1, -0.05) is 12.1 Å². The zero-order chi connectivity index (χ0) is 10.6. The van der Waals surface area contributed by atoms with E-state index in [1.165, 1.54) is 24.3 Å². The van der Waals surface area contributed by atoms with E-state index >= 15 is 0 Å². The molecule has 0 aliphatic heterocycles. The van der Waals surface area contributed by atoms with Crippen LogP contribution in [0.5, 0.6) is 0 Å². The summed E-state index contributed by atoms with van der Waals surface area (Å²) in [4.78, 5) is 22.9. The Bertz CT molecular complexity index is 435. The number of para-hydroxylation sites is 1. The largest absolute Gasteiger partial charge is 0.368 e. The van der Waals surface area contributed by atoms with Crippen molar-refractivity contribution in [2.75, 3.05) is 0 Å². The van der Waals surface area contributed by atoms with Gasteiger partial charge in [0.1, 0.15) is 5.56 Å². The number of hydrogen-bond donors (Lipinski definition) is 0. The van der Waals surface area contributed by atoms with Gasteiger partial charge in [-0.3, -0.25) is 14.9 Å². The molecule has 0 saturated carbocycles. The average Bonchev–Trinajstić information content (AvgIpc) is 2.20. The van der Waals surface area contributed by atoms with Gasteiger partial charge in [0.15, 0.2) is 0 Å². The van der Waals surface area contributed by atoms with Crippen LogP contribution in [0.2, 0.25) is 0 Å². The van der Waals surface area contributed by atoms with Crippen LogP contribution in [-0.4, -0.2) is 21.7 Å². The smallest absolute Gasteiger partial charge is 0.361 e. The first kappa shape index (κ1) is 9.76. The SMILES string of the molecule is [N-]=[N+]=C(C=O)c1ccccc1[N+](=O)[O-]. The number of nitrogens with zero attached hydrogens (tertiary/aromatic N) is 3. The molecule has 0 amide bonds. The summed E-state index contributed by atoms with van der Waals surface area (Å²) < 4.78 is 0. The predicted molar refractivity (Wildman–Crippen MR) is 46.9 cm³/mol. The van der Waals surface area contributed by atoms with Gasteiger partial charge in [0.2, 0.25) is 6.29 Å². The van der Waals surface area contributed by atoms with Gasteiger partial charge in [-0.2, -0.15) is 4.79 Å². The molecule has 1 rings (SSSR count). The fourth-order valence-corrected chi connectivity index (χ4v) is 0.990. The van der Waals surface area contributed by atoms with Gasteiger partial charge in [-0.25, -0.2) is 0 Å². The summed E-state index contributed by atoms with van der Waals surface area (Å²) >= 11 is 0. The molecule has 14 heavy (non-hydrogen) atoms. The Balaban J connectivity index is 3.40. The van der Waals surface area contributed by atoms with Crippen LogP contribution in [-0.2, 0) is 4.79 Å². The normalized spacial score (nSPS) is 8.86. The number of benzene rings is 1. The molecule has 0 aliphatic rings. The number of rotatable bonds is 3. The van der Waals surface area contributed by atoms with E-state index in [0.717, 1.165) is 0 Å². The first-order chi connectivity index (χ1) is 6.70. The predicted octanol–water partition coefficient (Wildman–Crippen LogP) is 0.813. The summed E-state index contributed by atoms with van der Waals surface area (Å²) in [5.74, 6) is 0. The molecule has 0 bridgehead atoms. The van der Waals surface area contributed by atoms with E-state index < -0.39 is 4.92 Å². The summed E-state index contributed by atoms with van der Waals surface area (Å²) in [5.41, 5.74) is 7.78. The molecule has 1 aromatic carbocycles. The highest BCUT2D eigenvalue weighted by atomic mass is 16.6. The summed E-state index contributed by atoms with van der Waals surface area (Å²) in [5, 5.41) is 10.5. The molecule has 0 spiro atoms. The maximum Gasteiger partial charge on any atom is 0.368 e. The Hall–Kier alpha value is -2.33. The van der Waals surface area contributed by atoms with Crippen molar-refractivity contribution in [3.63, 3.8) is 0 Å². The number of carbonyl (C=O) groups excluding carboxylic acids is 1. The highest BCUT2D eigenvalue weighted by Gasteiger charge is 2.22. The van der Waals surface area contributed by atoms with E-state index in [1.807, 2.05) is 0 Å². The minimum absolute atomic E-state index is 0.00463. The highest BCUT2D eigenvalue weighted by molar-refractivity contribution is 6.34. The van der Waals surface area contributed by atoms with Crippen LogP contribution in [0.15, 0.2) is 24.3 Å². The van der Waals surface area contributed by atoms with Crippen molar-refractivity contribution in [1.82, 2.24) is 0 Å². The summed E-state index contributed by atoms with van der Waals surface area (Å²) in [7, 11) is 0. The van der Waals surface area contributed by atoms with Gasteiger partial charge in [0.25, 0.3) is 5.69 Å². The quantitative estimate of drug-likeness (QED) is 0.176. The van der Waals surface area contributed by atoms with Crippen LogP contribution in [0, 0.1) is 10.1 Å². The van der Waals surface area contributed by atoms with Crippen molar-refractivity contribution in [1.29, 1.82) is 0 Å². The highest BCUT2D eigenvalue weighted by Crippen LogP contribution is 2.16.